The average molecular weight is 289 g/mol. The van der Waals surface area contributed by atoms with E-state index in [1.54, 1.807) is 12.4 Å². The zero-order chi connectivity index (χ0) is 11.7. The first-order chi connectivity index (χ1) is 8.31. The first-order valence-corrected chi connectivity index (χ1v) is 6.32. The number of hydrogen-bond donors (Lipinski definition) is 1. The van der Waals surface area contributed by atoms with Crippen molar-refractivity contribution in [3.05, 3.63) is 52.3 Å². The summed E-state index contributed by atoms with van der Waals surface area (Å²) in [7, 11) is 0. The molecule has 85 valence electrons. The fourth-order valence-corrected chi connectivity index (χ4v) is 2.62. The summed E-state index contributed by atoms with van der Waals surface area (Å²) in [5.74, 6) is 0.681. The predicted octanol–water partition coefficient (Wildman–Crippen LogP) is 2.62. The molecule has 1 atom stereocenters. The van der Waals surface area contributed by atoms with E-state index in [1.807, 2.05) is 0 Å². The number of aromatic nitrogens is 2. The number of fused-ring (bicyclic) bond motifs is 1. The van der Waals surface area contributed by atoms with Gasteiger partial charge in [-0.1, -0.05) is 22.0 Å². The molecule has 0 amide bonds. The summed E-state index contributed by atoms with van der Waals surface area (Å²) in [6.07, 6.45) is 5.32. The normalized spacial score (nSPS) is 17.8. The first kappa shape index (κ1) is 10.7. The smallest absolute Gasteiger partial charge is 0.222 e. The van der Waals surface area contributed by atoms with Gasteiger partial charge in [-0.3, -0.25) is 0 Å². The molecule has 3 rings (SSSR count). The van der Waals surface area contributed by atoms with Crippen LogP contribution in [0.4, 0.5) is 5.95 Å². The van der Waals surface area contributed by atoms with Crippen molar-refractivity contribution >= 4 is 21.9 Å². The van der Waals surface area contributed by atoms with Crippen LogP contribution in [0.5, 0.6) is 0 Å². The van der Waals surface area contributed by atoms with Crippen LogP contribution >= 0.6 is 15.9 Å². The standard InChI is InChI=1S/C13H11BrN3/c14-11-3-2-9-7-12(8-10(9)6-11)17-13-15-4-1-5-16-13/h2-6,12H,7-8H2,(H,15,16,17). The molecule has 0 saturated heterocycles. The summed E-state index contributed by atoms with van der Waals surface area (Å²) in [5, 5.41) is 3.35. The number of hydrogen-bond acceptors (Lipinski definition) is 3. The van der Waals surface area contributed by atoms with Crippen molar-refractivity contribution in [2.45, 2.75) is 18.9 Å². The van der Waals surface area contributed by atoms with Gasteiger partial charge in [-0.15, -0.1) is 0 Å². The summed E-state index contributed by atoms with van der Waals surface area (Å²) in [5.41, 5.74) is 2.81. The number of benzene rings is 1. The molecule has 1 aromatic heterocycles. The van der Waals surface area contributed by atoms with Crippen molar-refractivity contribution < 1.29 is 0 Å². The molecule has 1 unspecified atom stereocenters. The quantitative estimate of drug-likeness (QED) is 0.923. The lowest BCUT2D eigenvalue weighted by Gasteiger charge is -2.10. The van der Waals surface area contributed by atoms with Gasteiger partial charge in [0.05, 0.1) is 0 Å². The Morgan fingerprint density at radius 2 is 1.94 bits per heavy atom. The van der Waals surface area contributed by atoms with E-state index < -0.39 is 0 Å². The van der Waals surface area contributed by atoms with E-state index in [9.17, 15) is 0 Å². The molecule has 1 N–H and O–H groups in total. The van der Waals surface area contributed by atoms with Crippen molar-refractivity contribution in [3.63, 3.8) is 0 Å². The van der Waals surface area contributed by atoms with Gasteiger partial charge < -0.3 is 5.32 Å². The molecule has 0 aliphatic heterocycles. The molecule has 17 heavy (non-hydrogen) atoms. The van der Waals surface area contributed by atoms with Crippen LogP contribution in [0.2, 0.25) is 0 Å². The van der Waals surface area contributed by atoms with Crippen molar-refractivity contribution in [2.24, 2.45) is 0 Å². The minimum Gasteiger partial charge on any atom is -0.351 e. The van der Waals surface area contributed by atoms with Crippen molar-refractivity contribution in [3.8, 4) is 0 Å². The largest absolute Gasteiger partial charge is 0.351 e. The third-order valence-electron chi connectivity index (χ3n) is 2.96. The second-order valence-corrected chi connectivity index (χ2v) is 5.08. The van der Waals surface area contributed by atoms with Crippen LogP contribution in [0.1, 0.15) is 11.1 Å². The fraction of sp³-hybridized carbons (Fsp3) is 0.231. The van der Waals surface area contributed by atoms with Gasteiger partial charge in [0, 0.05) is 29.0 Å². The van der Waals surface area contributed by atoms with Gasteiger partial charge in [0.2, 0.25) is 5.95 Å². The molecule has 4 heteroatoms. The Bertz CT molecular complexity index is 527. The minimum absolute atomic E-state index is 0.390. The van der Waals surface area contributed by atoms with E-state index in [4.69, 9.17) is 0 Å². The Kier molecular flexibility index (Phi) is 2.81. The number of nitrogens with one attached hydrogen (secondary N) is 1. The van der Waals surface area contributed by atoms with Crippen LogP contribution in [-0.4, -0.2) is 16.0 Å². The number of halogens is 1. The maximum atomic E-state index is 4.14. The summed E-state index contributed by atoms with van der Waals surface area (Å²) < 4.78 is 1.14. The van der Waals surface area contributed by atoms with E-state index in [0.29, 0.717) is 12.0 Å². The average Bonchev–Trinajstić information content (AvgIpc) is 2.71. The van der Waals surface area contributed by atoms with Crippen LogP contribution in [0.3, 0.4) is 0 Å². The van der Waals surface area contributed by atoms with E-state index in [2.05, 4.69) is 55.5 Å². The van der Waals surface area contributed by atoms with Crippen LogP contribution in [0.25, 0.3) is 0 Å². The molecule has 1 aliphatic carbocycles. The lowest BCUT2D eigenvalue weighted by Crippen LogP contribution is -2.20. The zero-order valence-corrected chi connectivity index (χ0v) is 10.7. The van der Waals surface area contributed by atoms with Gasteiger partial charge in [-0.25, -0.2) is 9.97 Å². The van der Waals surface area contributed by atoms with E-state index >= 15 is 0 Å². The predicted molar refractivity (Wildman–Crippen MR) is 69.8 cm³/mol. The molecule has 1 aromatic carbocycles. The lowest BCUT2D eigenvalue weighted by atomic mass is 10.1. The van der Waals surface area contributed by atoms with Gasteiger partial charge in [-0.2, -0.15) is 0 Å². The SMILES string of the molecule is Brc1ccc2c(c1)CC(Nc1nc[c]cn1)C2. The highest BCUT2D eigenvalue weighted by Gasteiger charge is 2.21. The highest BCUT2D eigenvalue weighted by Crippen LogP contribution is 2.26. The first-order valence-electron chi connectivity index (χ1n) is 5.53. The maximum absolute atomic E-state index is 4.14. The minimum atomic E-state index is 0.390. The Morgan fingerprint density at radius 3 is 2.76 bits per heavy atom. The van der Waals surface area contributed by atoms with Gasteiger partial charge in [0.25, 0.3) is 0 Å². The molecular formula is C13H11BrN3. The molecule has 1 radical (unpaired) electrons. The van der Waals surface area contributed by atoms with Crippen LogP contribution < -0.4 is 5.32 Å². The third-order valence-corrected chi connectivity index (χ3v) is 3.45. The molecule has 0 spiro atoms. The topological polar surface area (TPSA) is 37.8 Å². The van der Waals surface area contributed by atoms with Crippen molar-refractivity contribution in [1.82, 2.24) is 9.97 Å². The van der Waals surface area contributed by atoms with Crippen molar-refractivity contribution in [2.75, 3.05) is 5.32 Å². The molecular weight excluding hydrogens is 278 g/mol. The monoisotopic (exact) mass is 288 g/mol. The Labute approximate surface area is 108 Å². The van der Waals surface area contributed by atoms with Gasteiger partial charge >= 0.3 is 0 Å². The summed E-state index contributed by atoms with van der Waals surface area (Å²) in [4.78, 5) is 8.27. The Morgan fingerprint density at radius 1 is 1.18 bits per heavy atom. The number of rotatable bonds is 2. The Balaban J connectivity index is 1.74. The molecule has 3 nitrogen and oxygen atoms in total. The Hall–Kier alpha value is -1.42. The van der Waals surface area contributed by atoms with Crippen LogP contribution in [0.15, 0.2) is 35.1 Å². The van der Waals surface area contributed by atoms with E-state index in [0.717, 1.165) is 17.3 Å². The summed E-state index contributed by atoms with van der Waals surface area (Å²) >= 11 is 3.50. The molecule has 0 fully saturated rings. The summed E-state index contributed by atoms with van der Waals surface area (Å²) in [6.45, 7) is 0. The highest BCUT2D eigenvalue weighted by molar-refractivity contribution is 9.10. The highest BCUT2D eigenvalue weighted by atomic mass is 79.9. The second-order valence-electron chi connectivity index (χ2n) is 4.17. The lowest BCUT2D eigenvalue weighted by molar-refractivity contribution is 0.761. The summed E-state index contributed by atoms with van der Waals surface area (Å²) in [6, 6.07) is 9.67. The van der Waals surface area contributed by atoms with E-state index in [-0.39, 0.29) is 0 Å². The van der Waals surface area contributed by atoms with Gasteiger partial charge in [0.15, 0.2) is 0 Å². The molecule has 1 aliphatic rings. The van der Waals surface area contributed by atoms with Crippen LogP contribution in [-0.2, 0) is 12.8 Å². The molecule has 1 heterocycles. The van der Waals surface area contributed by atoms with Gasteiger partial charge in [-0.05, 0) is 36.1 Å². The molecule has 0 saturated carbocycles. The maximum Gasteiger partial charge on any atom is 0.222 e. The van der Waals surface area contributed by atoms with Crippen LogP contribution in [0, 0.1) is 6.07 Å². The van der Waals surface area contributed by atoms with E-state index in [1.165, 1.54) is 11.1 Å². The molecule has 0 bridgehead atoms. The second kappa shape index (κ2) is 4.45. The molecule has 2 aromatic rings. The van der Waals surface area contributed by atoms with Crippen molar-refractivity contribution in [1.29, 1.82) is 0 Å². The fourth-order valence-electron chi connectivity index (χ4n) is 2.21. The number of nitrogens with zero attached hydrogens (tertiary/aromatic N) is 2. The number of anilines is 1. The third kappa shape index (κ3) is 2.31. The van der Waals surface area contributed by atoms with Gasteiger partial charge in [0.1, 0.15) is 0 Å². The zero-order valence-electron chi connectivity index (χ0n) is 9.15.